The molecule has 75 heavy (non-hydrogen) atoms. The zero-order valence-corrected chi connectivity index (χ0v) is 44.1. The third-order valence-electron chi connectivity index (χ3n) is 13.8. The van der Waals surface area contributed by atoms with Crippen molar-refractivity contribution in [3.8, 4) is 0 Å². The molecule has 3 amide bonds. The maximum atomic E-state index is 15.1. The van der Waals surface area contributed by atoms with E-state index in [2.05, 4.69) is 26.6 Å². The number of benzene rings is 5. The number of carbonyl (C=O) groups is 3. The van der Waals surface area contributed by atoms with Crippen LogP contribution < -0.4 is 26.6 Å². The molecule has 3 fully saturated rings. The number of anilines is 4. The second-order valence-electron chi connectivity index (χ2n) is 18.9. The molecular formula is C51H48F9I2N7O6. The molecule has 5 aromatic rings. The number of β-amino-alcohol motifs (C(OH)–C–C–N with tert-alkyl or cyclic N) is 2. The first-order valence-corrected chi connectivity index (χ1v) is 25.4. The summed E-state index contributed by atoms with van der Waals surface area (Å²) in [5, 5.41) is 36.3. The van der Waals surface area contributed by atoms with Crippen molar-refractivity contribution < 1.29 is 68.8 Å². The minimum atomic E-state index is -5.33. The van der Waals surface area contributed by atoms with E-state index in [0.717, 1.165) is 41.3 Å². The van der Waals surface area contributed by atoms with Crippen molar-refractivity contribution in [2.75, 3.05) is 63.6 Å². The molecule has 24 heteroatoms. The second kappa shape index (κ2) is 22.0. The zero-order valence-electron chi connectivity index (χ0n) is 39.8. The lowest BCUT2D eigenvalue weighted by molar-refractivity contribution is -0.266. The number of carbonyl (C=O) groups excluding carboxylic acids is 3. The second-order valence-corrected chi connectivity index (χ2v) is 21.4. The van der Waals surface area contributed by atoms with E-state index >= 15 is 22.0 Å². The maximum absolute atomic E-state index is 15.1. The monoisotopic (exact) mass is 1280 g/mol. The molecule has 13 nitrogen and oxygen atoms in total. The van der Waals surface area contributed by atoms with Gasteiger partial charge in [0, 0.05) is 32.4 Å². The molecule has 7 N–H and O–H groups in total. The lowest BCUT2D eigenvalue weighted by Crippen LogP contribution is -2.72. The first kappa shape index (κ1) is 56.0. The molecule has 5 aromatic carbocycles. The normalized spacial score (nSPS) is 19.3. The van der Waals surface area contributed by atoms with Gasteiger partial charge < -0.3 is 51.3 Å². The molecular weight excluding hydrogens is 1230 g/mol. The Morgan fingerprint density at radius 1 is 0.747 bits per heavy atom. The van der Waals surface area contributed by atoms with Gasteiger partial charge in [-0.25, -0.2) is 26.3 Å². The van der Waals surface area contributed by atoms with E-state index in [9.17, 15) is 42.2 Å². The number of nitrogens with one attached hydrogen (secondary N) is 5. The fourth-order valence-corrected chi connectivity index (χ4v) is 10.4. The fourth-order valence-electron chi connectivity index (χ4n) is 9.52. The Morgan fingerprint density at radius 3 is 1.73 bits per heavy atom. The van der Waals surface area contributed by atoms with Crippen molar-refractivity contribution in [2.45, 2.75) is 54.8 Å². The summed E-state index contributed by atoms with van der Waals surface area (Å²) in [4.78, 5) is 43.1. The van der Waals surface area contributed by atoms with Crippen LogP contribution >= 0.6 is 45.2 Å². The van der Waals surface area contributed by atoms with Crippen LogP contribution in [0.15, 0.2) is 84.9 Å². The molecule has 0 radical (unpaired) electrons. The first-order chi connectivity index (χ1) is 35.4. The van der Waals surface area contributed by atoms with Crippen LogP contribution in [-0.2, 0) is 15.1 Å². The van der Waals surface area contributed by atoms with Crippen molar-refractivity contribution in [3.63, 3.8) is 0 Å². The van der Waals surface area contributed by atoms with Gasteiger partial charge in [-0.05, 0) is 150 Å². The van der Waals surface area contributed by atoms with Crippen molar-refractivity contribution >= 4 is 85.7 Å². The minimum absolute atomic E-state index is 0.0254. The standard InChI is InChI=1S/C51H48F9I2N7O6/c1-26(49(74)24-69(25-49)46(71)33-10-12-35(53)42(57)44(33)67-39-14-8-31(62)19-37(39)55)65-47(72)50(75-2,51(58,59)60)29-5-3-28(4-6-29)40-17-27(15-16-64-40)20-63-21-48(73)22-68(23-48)45(70)32-9-11-34(52)41(56)43(32)66-38-13-7-30(61)18-36(38)54/h3-14,18-19,26-27,40,63-64,66-67,73-74H,15-17,20-25H2,1-2H3,(H,65,72)/t26?,27?,40?,50-/m1/s1. The quantitative estimate of drug-likeness (QED) is 0.0376. The zero-order chi connectivity index (χ0) is 54.4. The van der Waals surface area contributed by atoms with E-state index in [1.807, 2.05) is 45.2 Å². The van der Waals surface area contributed by atoms with E-state index < -0.39 is 117 Å². The molecule has 8 rings (SSSR count). The first-order valence-electron chi connectivity index (χ1n) is 23.3. The highest BCUT2D eigenvalue weighted by Crippen LogP contribution is 2.44. The largest absolute Gasteiger partial charge is 0.430 e. The van der Waals surface area contributed by atoms with Crippen molar-refractivity contribution in [1.82, 2.24) is 25.8 Å². The highest BCUT2D eigenvalue weighted by molar-refractivity contribution is 14.1. The summed E-state index contributed by atoms with van der Waals surface area (Å²) >= 11 is 3.73. The van der Waals surface area contributed by atoms with Gasteiger partial charge in [-0.3, -0.25) is 14.4 Å². The van der Waals surface area contributed by atoms with Crippen LogP contribution in [0.25, 0.3) is 0 Å². The van der Waals surface area contributed by atoms with Gasteiger partial charge in [0.2, 0.25) is 0 Å². The molecule has 0 spiro atoms. The fraction of sp³-hybridized carbons (Fsp3) is 0.353. The van der Waals surface area contributed by atoms with E-state index in [4.69, 9.17) is 4.74 Å². The Kier molecular flexibility index (Phi) is 16.4. The summed E-state index contributed by atoms with van der Waals surface area (Å²) in [5.74, 6) is -10.3. The average Bonchev–Trinajstić information content (AvgIpc) is 3.34. The lowest BCUT2D eigenvalue weighted by Gasteiger charge is -2.50. The van der Waals surface area contributed by atoms with E-state index in [-0.39, 0.29) is 48.5 Å². The summed E-state index contributed by atoms with van der Waals surface area (Å²) in [6, 6.07) is 14.8. The van der Waals surface area contributed by atoms with Gasteiger partial charge in [-0.2, -0.15) is 13.2 Å². The van der Waals surface area contributed by atoms with Gasteiger partial charge in [-0.1, -0.05) is 24.3 Å². The number of hydrogen-bond donors (Lipinski definition) is 7. The summed E-state index contributed by atoms with van der Waals surface area (Å²) in [5.41, 5.74) is -9.24. The molecule has 3 aliphatic rings. The molecule has 3 unspecified atom stereocenters. The van der Waals surface area contributed by atoms with Crippen LogP contribution in [0.3, 0.4) is 0 Å². The molecule has 3 saturated heterocycles. The van der Waals surface area contributed by atoms with E-state index in [1.54, 1.807) is 6.07 Å². The van der Waals surface area contributed by atoms with Crippen LogP contribution in [0, 0.1) is 48.0 Å². The number of likely N-dealkylation sites (tertiary alicyclic amines) is 2. The van der Waals surface area contributed by atoms with E-state index in [0.29, 0.717) is 51.8 Å². The molecule has 400 valence electrons. The third-order valence-corrected chi connectivity index (χ3v) is 15.1. The third kappa shape index (κ3) is 11.4. The molecule has 3 aliphatic heterocycles. The number of aliphatic hydroxyl groups is 2. The maximum Gasteiger partial charge on any atom is 0.430 e. The van der Waals surface area contributed by atoms with Crippen molar-refractivity contribution in [2.24, 2.45) is 5.92 Å². The number of methoxy groups -OCH3 is 1. The SMILES string of the molecule is CO[C@@](C(=O)NC(C)C1(O)CN(C(=O)c2ccc(F)c(F)c2Nc2ccc(I)cc2F)C1)(c1ccc(C2CC(CNCC3(O)CN(C(=O)c4ccc(F)c(F)c4Nc4ccc(I)cc4F)C3)CCN2)cc1)C(F)(F)F. The predicted octanol–water partition coefficient (Wildman–Crippen LogP) is 8.53. The number of alkyl halides is 3. The number of rotatable bonds is 16. The summed E-state index contributed by atoms with van der Waals surface area (Å²) in [7, 11) is 0.714. The Bertz CT molecular complexity index is 3000. The minimum Gasteiger partial charge on any atom is -0.385 e. The molecule has 0 saturated carbocycles. The summed E-state index contributed by atoms with van der Waals surface area (Å²) in [6.45, 7) is 0.873. The van der Waals surface area contributed by atoms with Crippen LogP contribution in [-0.4, -0.2) is 114 Å². The molecule has 0 bridgehead atoms. The van der Waals surface area contributed by atoms with Gasteiger partial charge in [0.05, 0.1) is 66.1 Å². The lowest BCUT2D eigenvalue weighted by atomic mass is 9.84. The Balaban J connectivity index is 0.856. The van der Waals surface area contributed by atoms with Gasteiger partial charge in [0.1, 0.15) is 22.8 Å². The van der Waals surface area contributed by atoms with Crippen LogP contribution in [0.1, 0.15) is 57.7 Å². The average molecular weight is 1280 g/mol. The topological polar surface area (TPSA) is 168 Å². The Hall–Kier alpha value is -5.26. The summed E-state index contributed by atoms with van der Waals surface area (Å²) < 4.78 is 140. The van der Waals surface area contributed by atoms with Crippen LogP contribution in [0.4, 0.5) is 62.3 Å². The van der Waals surface area contributed by atoms with Gasteiger partial charge in [-0.15, -0.1) is 0 Å². The highest BCUT2D eigenvalue weighted by Gasteiger charge is 2.63. The number of amides is 3. The number of piperidine rings is 1. The number of nitrogens with zero attached hydrogens (tertiary/aromatic N) is 2. The smallest absolute Gasteiger partial charge is 0.385 e. The Labute approximate surface area is 451 Å². The van der Waals surface area contributed by atoms with Crippen molar-refractivity contribution in [3.05, 3.63) is 149 Å². The van der Waals surface area contributed by atoms with Gasteiger partial charge >= 0.3 is 6.18 Å². The molecule has 0 aromatic heterocycles. The molecule has 4 atom stereocenters. The highest BCUT2D eigenvalue weighted by atomic mass is 127. The molecule has 0 aliphatic carbocycles. The van der Waals surface area contributed by atoms with E-state index in [1.165, 1.54) is 48.2 Å². The van der Waals surface area contributed by atoms with Crippen molar-refractivity contribution in [1.29, 1.82) is 0 Å². The predicted molar refractivity (Wildman–Crippen MR) is 274 cm³/mol. The molecule has 3 heterocycles. The Morgan fingerprint density at radius 2 is 1.25 bits per heavy atom. The number of ether oxygens (including phenoxy) is 1. The van der Waals surface area contributed by atoms with Gasteiger partial charge in [0.25, 0.3) is 23.3 Å². The summed E-state index contributed by atoms with van der Waals surface area (Å²) in [6.07, 6.45) is -4.11. The number of halogens is 11. The van der Waals surface area contributed by atoms with Crippen LogP contribution in [0.5, 0.6) is 0 Å². The van der Waals surface area contributed by atoms with Gasteiger partial charge in [0.15, 0.2) is 23.3 Å². The van der Waals surface area contributed by atoms with Crippen LogP contribution in [0.2, 0.25) is 0 Å². The number of hydrogen-bond acceptors (Lipinski definition) is 10.